The maximum Gasteiger partial charge on any atom is 0.227 e. The van der Waals surface area contributed by atoms with Gasteiger partial charge in [0.25, 0.3) is 0 Å². The van der Waals surface area contributed by atoms with E-state index in [0.29, 0.717) is 11.6 Å². The normalized spacial score (nSPS) is 10.7. The third-order valence-electron chi connectivity index (χ3n) is 3.58. The zero-order valence-electron chi connectivity index (χ0n) is 14.2. The minimum absolute atomic E-state index is 0.359. The number of hydrogen-bond donors (Lipinski definition) is 1. The van der Waals surface area contributed by atoms with Crippen LogP contribution in [0.15, 0.2) is 66.0 Å². The molecule has 3 rings (SSSR count). The Bertz CT molecular complexity index is 879. The van der Waals surface area contributed by atoms with Crippen molar-refractivity contribution in [3.63, 3.8) is 0 Å². The van der Waals surface area contributed by atoms with E-state index in [4.69, 9.17) is 0 Å². The lowest BCUT2D eigenvalue weighted by molar-refractivity contribution is 0.402. The average Bonchev–Trinajstić information content (AvgIpc) is 2.62. The number of aromatic nitrogens is 2. The van der Waals surface area contributed by atoms with Gasteiger partial charge in [0.05, 0.1) is 5.69 Å². The molecule has 0 radical (unpaired) electrons. The molecule has 0 aliphatic heterocycles. The fourth-order valence-electron chi connectivity index (χ4n) is 2.54. The molecule has 0 saturated carbocycles. The summed E-state index contributed by atoms with van der Waals surface area (Å²) < 4.78 is 0. The van der Waals surface area contributed by atoms with Gasteiger partial charge < -0.3 is 10.2 Å². The second-order valence-corrected chi connectivity index (χ2v) is 5.97. The fourth-order valence-corrected chi connectivity index (χ4v) is 2.54. The first-order valence-electron chi connectivity index (χ1n) is 7.91. The first kappa shape index (κ1) is 16.7. The molecule has 6 heteroatoms. The van der Waals surface area contributed by atoms with Gasteiger partial charge >= 0.3 is 0 Å². The van der Waals surface area contributed by atoms with Crippen LogP contribution in [0, 0.1) is 4.91 Å². The van der Waals surface area contributed by atoms with Crippen LogP contribution in [0.1, 0.15) is 5.56 Å². The first-order chi connectivity index (χ1) is 12.1. The van der Waals surface area contributed by atoms with Crippen molar-refractivity contribution in [3.05, 3.63) is 71.3 Å². The van der Waals surface area contributed by atoms with Crippen LogP contribution in [0.2, 0.25) is 0 Å². The van der Waals surface area contributed by atoms with E-state index in [1.807, 2.05) is 38.4 Å². The second kappa shape index (κ2) is 7.63. The van der Waals surface area contributed by atoms with E-state index < -0.39 is 0 Å². The molecule has 1 aromatic heterocycles. The van der Waals surface area contributed by atoms with E-state index in [1.165, 1.54) is 5.56 Å². The largest absolute Gasteiger partial charge is 0.324 e. The summed E-state index contributed by atoms with van der Waals surface area (Å²) in [7, 11) is 4.09. The minimum atomic E-state index is 0.359. The van der Waals surface area contributed by atoms with Crippen LogP contribution in [0.5, 0.6) is 0 Å². The van der Waals surface area contributed by atoms with E-state index in [2.05, 4.69) is 37.5 Å². The van der Waals surface area contributed by atoms with Crippen LogP contribution in [0.4, 0.5) is 17.3 Å². The van der Waals surface area contributed by atoms with E-state index in [-0.39, 0.29) is 0 Å². The van der Waals surface area contributed by atoms with Gasteiger partial charge in [-0.05, 0) is 55.2 Å². The van der Waals surface area contributed by atoms with Crippen molar-refractivity contribution in [1.29, 1.82) is 0 Å². The highest BCUT2D eigenvalue weighted by molar-refractivity contribution is 5.64. The molecular weight excluding hydrogens is 314 g/mol. The first-order valence-corrected chi connectivity index (χ1v) is 7.91. The molecule has 1 N–H and O–H groups in total. The van der Waals surface area contributed by atoms with Gasteiger partial charge in [-0.15, -0.1) is 4.91 Å². The van der Waals surface area contributed by atoms with Crippen molar-refractivity contribution in [2.75, 3.05) is 19.4 Å². The molecule has 0 saturated heterocycles. The number of anilines is 2. The summed E-state index contributed by atoms with van der Waals surface area (Å²) in [5.74, 6) is 0.471. The molecule has 6 nitrogen and oxygen atoms in total. The molecule has 0 bridgehead atoms. The van der Waals surface area contributed by atoms with Gasteiger partial charge in [-0.3, -0.25) is 0 Å². The summed E-state index contributed by atoms with van der Waals surface area (Å²) in [5, 5.41) is 6.04. The Morgan fingerprint density at radius 1 is 1.08 bits per heavy atom. The summed E-state index contributed by atoms with van der Waals surface area (Å²) in [6.45, 7) is 0.871. The summed E-state index contributed by atoms with van der Waals surface area (Å²) in [6, 6.07) is 17.1. The Balaban J connectivity index is 1.85. The second-order valence-electron chi connectivity index (χ2n) is 5.97. The van der Waals surface area contributed by atoms with E-state index in [9.17, 15) is 4.91 Å². The lowest BCUT2D eigenvalue weighted by Crippen LogP contribution is -2.10. The minimum Gasteiger partial charge on any atom is -0.324 e. The molecule has 0 atom stereocenters. The zero-order valence-corrected chi connectivity index (χ0v) is 14.2. The molecule has 2 aromatic carbocycles. The fraction of sp³-hybridized carbons (Fsp3) is 0.158. The maximum absolute atomic E-state index is 10.6. The van der Waals surface area contributed by atoms with Crippen LogP contribution >= 0.6 is 0 Å². The molecule has 0 amide bonds. The van der Waals surface area contributed by atoms with Crippen LogP contribution in [0.25, 0.3) is 11.3 Å². The maximum atomic E-state index is 10.6. The Labute approximate surface area is 146 Å². The van der Waals surface area contributed by atoms with Gasteiger partial charge in [0.2, 0.25) is 5.95 Å². The van der Waals surface area contributed by atoms with Gasteiger partial charge in [-0.1, -0.05) is 24.3 Å². The van der Waals surface area contributed by atoms with E-state index in [0.717, 1.165) is 23.5 Å². The molecule has 1 heterocycles. The Morgan fingerprint density at radius 2 is 1.92 bits per heavy atom. The van der Waals surface area contributed by atoms with E-state index in [1.54, 1.807) is 24.4 Å². The number of hydrogen-bond acceptors (Lipinski definition) is 6. The van der Waals surface area contributed by atoms with Crippen LogP contribution in [0.3, 0.4) is 0 Å². The van der Waals surface area contributed by atoms with Crippen molar-refractivity contribution in [2.24, 2.45) is 5.18 Å². The highest BCUT2D eigenvalue weighted by Gasteiger charge is 2.05. The van der Waals surface area contributed by atoms with Crippen molar-refractivity contribution in [2.45, 2.75) is 6.54 Å². The number of nitrogens with one attached hydrogen (secondary N) is 1. The van der Waals surface area contributed by atoms with Crippen LogP contribution < -0.4 is 5.32 Å². The Kier molecular flexibility index (Phi) is 5.11. The molecule has 0 unspecified atom stereocenters. The third-order valence-corrected chi connectivity index (χ3v) is 3.58. The van der Waals surface area contributed by atoms with Crippen molar-refractivity contribution < 1.29 is 0 Å². The predicted molar refractivity (Wildman–Crippen MR) is 100 cm³/mol. The molecule has 0 fully saturated rings. The number of nitroso groups, excluding NO2 is 1. The van der Waals surface area contributed by atoms with E-state index >= 15 is 0 Å². The summed E-state index contributed by atoms with van der Waals surface area (Å²) in [5.41, 5.74) is 4.17. The smallest absolute Gasteiger partial charge is 0.227 e. The monoisotopic (exact) mass is 333 g/mol. The average molecular weight is 333 g/mol. The van der Waals surface area contributed by atoms with Gasteiger partial charge in [0, 0.05) is 24.0 Å². The highest BCUT2D eigenvalue weighted by atomic mass is 16.3. The molecular formula is C19H19N5O. The quantitative estimate of drug-likeness (QED) is 0.679. The Hall–Kier alpha value is -3.12. The van der Waals surface area contributed by atoms with Crippen molar-refractivity contribution in [3.8, 4) is 11.3 Å². The van der Waals surface area contributed by atoms with Crippen LogP contribution in [-0.4, -0.2) is 29.0 Å². The number of benzene rings is 2. The predicted octanol–water partition coefficient (Wildman–Crippen LogP) is 4.35. The zero-order chi connectivity index (χ0) is 17.6. The van der Waals surface area contributed by atoms with Crippen molar-refractivity contribution >= 4 is 17.3 Å². The number of nitrogens with zero attached hydrogens (tertiary/aromatic N) is 4. The van der Waals surface area contributed by atoms with Crippen molar-refractivity contribution in [1.82, 2.24) is 14.9 Å². The SMILES string of the molecule is CN(C)Cc1cccc(-c2ccnc(Nc3cccc(N=O)c3)n2)c1. The topological polar surface area (TPSA) is 70.5 Å². The standard InChI is InChI=1S/C19H19N5O/c1-24(2)13-14-5-3-6-15(11-14)18-9-10-20-19(22-18)21-16-7-4-8-17(12-16)23-25/h3-12H,13H2,1-2H3,(H,20,21,22). The Morgan fingerprint density at radius 3 is 2.72 bits per heavy atom. The third kappa shape index (κ3) is 4.45. The summed E-state index contributed by atoms with van der Waals surface area (Å²) in [6.07, 6.45) is 1.71. The molecule has 0 spiro atoms. The molecule has 3 aromatic rings. The van der Waals surface area contributed by atoms with Gasteiger partial charge in [0.15, 0.2) is 0 Å². The van der Waals surface area contributed by atoms with Crippen LogP contribution in [-0.2, 0) is 6.54 Å². The summed E-state index contributed by atoms with van der Waals surface area (Å²) in [4.78, 5) is 21.6. The molecule has 126 valence electrons. The molecule has 0 aliphatic rings. The lowest BCUT2D eigenvalue weighted by atomic mass is 10.1. The summed E-state index contributed by atoms with van der Waals surface area (Å²) >= 11 is 0. The highest BCUT2D eigenvalue weighted by Crippen LogP contribution is 2.23. The molecule has 0 aliphatic carbocycles. The lowest BCUT2D eigenvalue weighted by Gasteiger charge is -2.11. The van der Waals surface area contributed by atoms with Gasteiger partial charge in [-0.2, -0.15) is 0 Å². The van der Waals surface area contributed by atoms with Gasteiger partial charge in [0.1, 0.15) is 5.69 Å². The van der Waals surface area contributed by atoms with Gasteiger partial charge in [-0.25, -0.2) is 9.97 Å². The molecule has 25 heavy (non-hydrogen) atoms. The number of rotatable bonds is 6.